The average Bonchev–Trinajstić information content (AvgIpc) is 3.23. The molecule has 2 aromatic carbocycles. The maximum absolute atomic E-state index is 12.8. The number of sulfonamides is 1. The van der Waals surface area contributed by atoms with E-state index in [0.717, 1.165) is 36.0 Å². The lowest BCUT2D eigenvalue weighted by molar-refractivity contribution is -0.122. The van der Waals surface area contributed by atoms with Gasteiger partial charge in [0.05, 0.1) is 11.9 Å². The van der Waals surface area contributed by atoms with Crippen LogP contribution in [-0.4, -0.2) is 39.7 Å². The SMILES string of the molecule is Cc1ccc(C)c(N(C(C)C(=O)NCc2ccc(N3CCCC3)cc2)S(C)(=O)=O)c1. The summed E-state index contributed by atoms with van der Waals surface area (Å²) in [6.45, 7) is 7.91. The molecule has 0 aliphatic carbocycles. The lowest BCUT2D eigenvalue weighted by atomic mass is 10.1. The molecule has 30 heavy (non-hydrogen) atoms. The molecule has 3 rings (SSSR count). The first-order valence-corrected chi connectivity index (χ1v) is 12.2. The summed E-state index contributed by atoms with van der Waals surface area (Å²) in [5, 5.41) is 2.89. The van der Waals surface area contributed by atoms with Crippen LogP contribution < -0.4 is 14.5 Å². The topological polar surface area (TPSA) is 69.7 Å². The van der Waals surface area contributed by atoms with Gasteiger partial charge in [-0.1, -0.05) is 24.3 Å². The van der Waals surface area contributed by atoms with Crippen LogP contribution in [0, 0.1) is 13.8 Å². The van der Waals surface area contributed by atoms with Crippen LogP contribution in [-0.2, 0) is 21.4 Å². The van der Waals surface area contributed by atoms with Crippen LogP contribution in [0.3, 0.4) is 0 Å². The highest BCUT2D eigenvalue weighted by atomic mass is 32.2. The van der Waals surface area contributed by atoms with Gasteiger partial charge >= 0.3 is 0 Å². The second-order valence-corrected chi connectivity index (χ2v) is 9.96. The van der Waals surface area contributed by atoms with E-state index >= 15 is 0 Å². The van der Waals surface area contributed by atoms with Crippen LogP contribution in [0.5, 0.6) is 0 Å². The first-order chi connectivity index (χ1) is 14.2. The summed E-state index contributed by atoms with van der Waals surface area (Å²) < 4.78 is 26.2. The largest absolute Gasteiger partial charge is 0.372 e. The molecular weight excluding hydrogens is 398 g/mol. The highest BCUT2D eigenvalue weighted by Crippen LogP contribution is 2.26. The smallest absolute Gasteiger partial charge is 0.243 e. The molecule has 1 heterocycles. The summed E-state index contributed by atoms with van der Waals surface area (Å²) in [6.07, 6.45) is 3.59. The number of nitrogens with one attached hydrogen (secondary N) is 1. The van der Waals surface area contributed by atoms with E-state index in [-0.39, 0.29) is 5.91 Å². The third-order valence-electron chi connectivity index (χ3n) is 5.56. The van der Waals surface area contributed by atoms with Gasteiger partial charge in [-0.25, -0.2) is 8.42 Å². The molecule has 162 valence electrons. The van der Waals surface area contributed by atoms with E-state index in [2.05, 4.69) is 22.3 Å². The van der Waals surface area contributed by atoms with Crippen LogP contribution in [0.15, 0.2) is 42.5 Å². The minimum absolute atomic E-state index is 0.329. The highest BCUT2D eigenvalue weighted by molar-refractivity contribution is 7.92. The van der Waals surface area contributed by atoms with Gasteiger partial charge < -0.3 is 10.2 Å². The molecular formula is C23H31N3O3S. The molecule has 1 N–H and O–H groups in total. The average molecular weight is 430 g/mol. The number of hydrogen-bond acceptors (Lipinski definition) is 4. The normalized spacial score (nSPS) is 15.1. The third-order valence-corrected chi connectivity index (χ3v) is 6.79. The molecule has 0 radical (unpaired) electrons. The molecule has 1 unspecified atom stereocenters. The summed E-state index contributed by atoms with van der Waals surface area (Å²) >= 11 is 0. The van der Waals surface area contributed by atoms with Crippen molar-refractivity contribution in [3.63, 3.8) is 0 Å². The van der Waals surface area contributed by atoms with Gasteiger partial charge in [0.15, 0.2) is 0 Å². The van der Waals surface area contributed by atoms with Crippen molar-refractivity contribution in [3.05, 3.63) is 59.2 Å². The van der Waals surface area contributed by atoms with Crippen molar-refractivity contribution in [1.82, 2.24) is 5.32 Å². The number of benzene rings is 2. The number of nitrogens with zero attached hydrogens (tertiary/aromatic N) is 2. The van der Waals surface area contributed by atoms with E-state index in [0.29, 0.717) is 12.2 Å². The quantitative estimate of drug-likeness (QED) is 0.733. The third kappa shape index (κ3) is 5.14. The van der Waals surface area contributed by atoms with Crippen molar-refractivity contribution in [1.29, 1.82) is 0 Å². The Bertz CT molecular complexity index is 997. The first kappa shape index (κ1) is 22.2. The molecule has 1 saturated heterocycles. The zero-order chi connectivity index (χ0) is 21.9. The molecule has 1 aliphatic heterocycles. The minimum atomic E-state index is -3.63. The lowest BCUT2D eigenvalue weighted by Gasteiger charge is -2.29. The number of amides is 1. The van der Waals surface area contributed by atoms with Gasteiger partial charge in [-0.3, -0.25) is 9.10 Å². The second-order valence-electron chi connectivity index (χ2n) is 8.10. The van der Waals surface area contributed by atoms with Crippen molar-refractivity contribution < 1.29 is 13.2 Å². The van der Waals surface area contributed by atoms with E-state index in [1.54, 1.807) is 13.0 Å². The highest BCUT2D eigenvalue weighted by Gasteiger charge is 2.30. The maximum Gasteiger partial charge on any atom is 0.243 e. The molecule has 0 spiro atoms. The molecule has 7 heteroatoms. The Hall–Kier alpha value is -2.54. The molecule has 1 atom stereocenters. The Morgan fingerprint density at radius 2 is 1.73 bits per heavy atom. The number of hydrogen-bond donors (Lipinski definition) is 1. The molecule has 1 amide bonds. The number of carbonyl (C=O) groups excluding carboxylic acids is 1. The molecule has 0 aromatic heterocycles. The van der Waals surface area contributed by atoms with Crippen LogP contribution in [0.4, 0.5) is 11.4 Å². The van der Waals surface area contributed by atoms with Gasteiger partial charge in [-0.2, -0.15) is 0 Å². The van der Waals surface area contributed by atoms with E-state index in [1.807, 2.05) is 38.1 Å². The van der Waals surface area contributed by atoms with E-state index < -0.39 is 16.1 Å². The van der Waals surface area contributed by atoms with Gasteiger partial charge in [0.25, 0.3) is 0 Å². The molecule has 2 aromatic rings. The van der Waals surface area contributed by atoms with E-state index in [4.69, 9.17) is 0 Å². The zero-order valence-electron chi connectivity index (χ0n) is 18.2. The number of rotatable bonds is 7. The van der Waals surface area contributed by atoms with Crippen molar-refractivity contribution in [2.45, 2.75) is 46.2 Å². The number of carbonyl (C=O) groups is 1. The standard InChI is InChI=1S/C23H31N3O3S/c1-17-7-8-18(2)22(15-17)26(30(4,28)29)19(3)23(27)24-16-20-9-11-21(12-10-20)25-13-5-6-14-25/h7-12,15,19H,5-6,13-14,16H2,1-4H3,(H,24,27). The molecule has 1 aliphatic rings. The minimum Gasteiger partial charge on any atom is -0.372 e. The van der Waals surface area contributed by atoms with E-state index in [1.165, 1.54) is 22.8 Å². The van der Waals surface area contributed by atoms with Crippen LogP contribution >= 0.6 is 0 Å². The summed E-state index contributed by atoms with van der Waals surface area (Å²) in [5.41, 5.74) is 4.47. The van der Waals surface area contributed by atoms with Crippen molar-refractivity contribution >= 4 is 27.3 Å². The second kappa shape index (κ2) is 9.08. The van der Waals surface area contributed by atoms with Gasteiger partial charge in [0.1, 0.15) is 6.04 Å². The summed E-state index contributed by atoms with van der Waals surface area (Å²) in [6, 6.07) is 12.9. The van der Waals surface area contributed by atoms with Crippen LogP contribution in [0.25, 0.3) is 0 Å². The van der Waals surface area contributed by atoms with Crippen LogP contribution in [0.1, 0.15) is 36.5 Å². The zero-order valence-corrected chi connectivity index (χ0v) is 19.0. The van der Waals surface area contributed by atoms with Crippen molar-refractivity contribution in [3.8, 4) is 0 Å². The number of aryl methyl sites for hydroxylation is 2. The van der Waals surface area contributed by atoms with Crippen molar-refractivity contribution in [2.24, 2.45) is 0 Å². The fourth-order valence-corrected chi connectivity index (χ4v) is 5.10. The fourth-order valence-electron chi connectivity index (χ4n) is 3.87. The van der Waals surface area contributed by atoms with Gasteiger partial charge in [-0.05, 0) is 68.5 Å². The summed E-state index contributed by atoms with van der Waals surface area (Å²) in [4.78, 5) is 15.2. The predicted octanol–water partition coefficient (Wildman–Crippen LogP) is 3.37. The molecule has 1 fully saturated rings. The summed E-state index contributed by atoms with van der Waals surface area (Å²) in [7, 11) is -3.63. The lowest BCUT2D eigenvalue weighted by Crippen LogP contribution is -2.48. The Kier molecular flexibility index (Phi) is 6.71. The summed E-state index contributed by atoms with van der Waals surface area (Å²) in [5.74, 6) is -0.329. The monoisotopic (exact) mass is 429 g/mol. The Labute approximate surface area is 179 Å². The molecule has 0 bridgehead atoms. The van der Waals surface area contributed by atoms with Gasteiger partial charge in [-0.15, -0.1) is 0 Å². The fraction of sp³-hybridized carbons (Fsp3) is 0.435. The molecule has 0 saturated carbocycles. The van der Waals surface area contributed by atoms with E-state index in [9.17, 15) is 13.2 Å². The van der Waals surface area contributed by atoms with Crippen LogP contribution in [0.2, 0.25) is 0 Å². The number of anilines is 2. The Morgan fingerprint density at radius 1 is 1.10 bits per heavy atom. The maximum atomic E-state index is 12.8. The Balaban J connectivity index is 1.70. The Morgan fingerprint density at radius 3 is 2.33 bits per heavy atom. The molecule has 6 nitrogen and oxygen atoms in total. The van der Waals surface area contributed by atoms with Gasteiger partial charge in [0, 0.05) is 25.3 Å². The first-order valence-electron chi connectivity index (χ1n) is 10.3. The van der Waals surface area contributed by atoms with Crippen molar-refractivity contribution in [2.75, 3.05) is 28.6 Å². The van der Waals surface area contributed by atoms with Gasteiger partial charge in [0.2, 0.25) is 15.9 Å². The predicted molar refractivity (Wildman–Crippen MR) is 122 cm³/mol.